The first-order valence-electron chi connectivity index (χ1n) is 8.59. The molecule has 0 spiro atoms. The van der Waals surface area contributed by atoms with Crippen LogP contribution in [0, 0.1) is 0 Å². The van der Waals surface area contributed by atoms with Crippen LogP contribution in [0.1, 0.15) is 40.5 Å². The van der Waals surface area contributed by atoms with Crippen molar-refractivity contribution in [1.82, 2.24) is 4.90 Å². The van der Waals surface area contributed by atoms with E-state index in [1.54, 1.807) is 34.7 Å². The van der Waals surface area contributed by atoms with Crippen LogP contribution < -0.4 is 5.73 Å². The van der Waals surface area contributed by atoms with E-state index in [9.17, 15) is 5.11 Å². The molecule has 0 aliphatic carbocycles. The lowest BCUT2D eigenvalue weighted by atomic mass is 9.83. The van der Waals surface area contributed by atoms with Crippen molar-refractivity contribution in [2.45, 2.75) is 57.8 Å². The first kappa shape index (κ1) is 21.2. The second-order valence-electron chi connectivity index (χ2n) is 7.32. The molecular weight excluding hydrogens is 305 g/mol. The van der Waals surface area contributed by atoms with Crippen LogP contribution in [-0.4, -0.2) is 74.3 Å². The van der Waals surface area contributed by atoms with Crippen LogP contribution in [0.15, 0.2) is 16.7 Å². The molecule has 24 heavy (non-hydrogen) atoms. The molecule has 0 aromatic heterocycles. The number of aliphatic imine (C=N–C) groups is 1. The molecular formula is C17H33BN3O3. The third-order valence-electron chi connectivity index (χ3n) is 4.76. The first-order chi connectivity index (χ1) is 11.2. The van der Waals surface area contributed by atoms with Gasteiger partial charge in [0.15, 0.2) is 0 Å². The van der Waals surface area contributed by atoms with E-state index in [2.05, 4.69) is 9.89 Å². The number of rotatable bonds is 9. The van der Waals surface area contributed by atoms with Crippen molar-refractivity contribution in [2.24, 2.45) is 10.7 Å². The number of nitrogens with two attached hydrogens (primary N) is 1. The zero-order chi connectivity index (χ0) is 18.2. The molecule has 0 unspecified atom stereocenters. The van der Waals surface area contributed by atoms with Crippen LogP contribution >= 0.6 is 0 Å². The third-order valence-corrected chi connectivity index (χ3v) is 4.76. The van der Waals surface area contributed by atoms with E-state index < -0.39 is 11.2 Å². The van der Waals surface area contributed by atoms with Crippen molar-refractivity contribution in [2.75, 3.05) is 33.4 Å². The standard InChI is InChI=1S/C17H33BN3O3/c1-16(2,22)17(3,4)24-18-14(12-19)13-20-15-6-8-21(9-7-15)10-11-23-5/h12-13,15,22H,6-11,19H2,1-5H3. The Morgan fingerprint density at radius 1 is 1.33 bits per heavy atom. The van der Waals surface area contributed by atoms with Crippen LogP contribution in [-0.2, 0) is 9.39 Å². The van der Waals surface area contributed by atoms with Crippen molar-refractivity contribution >= 4 is 13.7 Å². The van der Waals surface area contributed by atoms with Gasteiger partial charge in [-0.05, 0) is 52.2 Å². The van der Waals surface area contributed by atoms with Crippen molar-refractivity contribution < 1.29 is 14.5 Å². The normalized spacial score (nSPS) is 19.2. The van der Waals surface area contributed by atoms with Gasteiger partial charge in [0, 0.05) is 33.0 Å². The Kier molecular flexibility index (Phi) is 8.43. The maximum Gasteiger partial charge on any atom is 0.333 e. The van der Waals surface area contributed by atoms with Gasteiger partial charge < -0.3 is 25.1 Å². The maximum atomic E-state index is 10.1. The van der Waals surface area contributed by atoms with E-state index in [0.29, 0.717) is 11.5 Å². The molecule has 3 N–H and O–H groups in total. The van der Waals surface area contributed by atoms with Crippen LogP contribution in [0.25, 0.3) is 0 Å². The van der Waals surface area contributed by atoms with E-state index >= 15 is 0 Å². The molecule has 1 radical (unpaired) electrons. The highest BCUT2D eigenvalue weighted by atomic mass is 16.5. The zero-order valence-electron chi connectivity index (χ0n) is 15.8. The lowest BCUT2D eigenvalue weighted by Crippen LogP contribution is -2.48. The fraction of sp³-hybridized carbons (Fsp3) is 0.824. The molecule has 0 atom stereocenters. The average molecular weight is 338 g/mol. The molecule has 1 fully saturated rings. The molecule has 1 aliphatic rings. The Hall–Kier alpha value is -0.885. The summed E-state index contributed by atoms with van der Waals surface area (Å²) in [5, 5.41) is 10.1. The van der Waals surface area contributed by atoms with E-state index in [-0.39, 0.29) is 0 Å². The minimum atomic E-state index is -0.963. The second kappa shape index (κ2) is 9.56. The quantitative estimate of drug-likeness (QED) is 0.487. The fourth-order valence-electron chi connectivity index (χ4n) is 2.18. The minimum absolute atomic E-state index is 0.314. The molecule has 7 heteroatoms. The summed E-state index contributed by atoms with van der Waals surface area (Å²) < 4.78 is 10.8. The van der Waals surface area contributed by atoms with Gasteiger partial charge in [-0.3, -0.25) is 4.99 Å². The van der Waals surface area contributed by atoms with Crippen LogP contribution in [0.2, 0.25) is 0 Å². The van der Waals surface area contributed by atoms with E-state index in [4.69, 9.17) is 15.1 Å². The number of nitrogens with zero attached hydrogens (tertiary/aromatic N) is 2. The monoisotopic (exact) mass is 338 g/mol. The third kappa shape index (κ3) is 6.93. The lowest BCUT2D eigenvalue weighted by molar-refractivity contribution is -0.0895. The predicted molar refractivity (Wildman–Crippen MR) is 99.3 cm³/mol. The lowest BCUT2D eigenvalue weighted by Gasteiger charge is -2.37. The van der Waals surface area contributed by atoms with Crippen molar-refractivity contribution in [1.29, 1.82) is 0 Å². The summed E-state index contributed by atoms with van der Waals surface area (Å²) in [6.07, 6.45) is 5.30. The molecule has 1 saturated heterocycles. The number of methoxy groups -OCH3 is 1. The number of likely N-dealkylation sites (tertiary alicyclic amines) is 1. The van der Waals surface area contributed by atoms with Gasteiger partial charge in [-0.2, -0.15) is 0 Å². The zero-order valence-corrected chi connectivity index (χ0v) is 15.8. The van der Waals surface area contributed by atoms with Crippen molar-refractivity contribution in [3.8, 4) is 0 Å². The molecule has 6 nitrogen and oxygen atoms in total. The summed E-state index contributed by atoms with van der Waals surface area (Å²) in [6, 6.07) is 0.314. The SMILES string of the molecule is COCCN1CCC(N=CC([B]OC(C)(C)C(C)(C)O)=CN)CC1. The van der Waals surface area contributed by atoms with Gasteiger partial charge in [-0.1, -0.05) is 0 Å². The average Bonchev–Trinajstić information content (AvgIpc) is 2.53. The summed E-state index contributed by atoms with van der Waals surface area (Å²) in [4.78, 5) is 7.03. The van der Waals surface area contributed by atoms with Gasteiger partial charge >= 0.3 is 7.48 Å². The summed E-state index contributed by atoms with van der Waals surface area (Å²) in [5.74, 6) is 0. The summed E-state index contributed by atoms with van der Waals surface area (Å²) >= 11 is 0. The molecule has 0 amide bonds. The number of hydrogen-bond donors (Lipinski definition) is 2. The van der Waals surface area contributed by atoms with E-state index in [0.717, 1.165) is 39.1 Å². The topological polar surface area (TPSA) is 80.3 Å². The van der Waals surface area contributed by atoms with Gasteiger partial charge in [-0.15, -0.1) is 0 Å². The Morgan fingerprint density at radius 2 is 1.96 bits per heavy atom. The highest BCUT2D eigenvalue weighted by Crippen LogP contribution is 2.24. The summed E-state index contributed by atoms with van der Waals surface area (Å²) in [6.45, 7) is 11.0. The van der Waals surface area contributed by atoms with Crippen LogP contribution in [0.4, 0.5) is 0 Å². The minimum Gasteiger partial charge on any atom is -0.427 e. The number of ether oxygens (including phenoxy) is 1. The number of aliphatic hydroxyl groups is 1. The summed E-state index contributed by atoms with van der Waals surface area (Å²) in [7, 11) is 3.30. The highest BCUT2D eigenvalue weighted by molar-refractivity contribution is 6.46. The van der Waals surface area contributed by atoms with Crippen LogP contribution in [0.3, 0.4) is 0 Å². The maximum absolute atomic E-state index is 10.1. The van der Waals surface area contributed by atoms with Crippen LogP contribution in [0.5, 0.6) is 0 Å². The summed E-state index contributed by atoms with van der Waals surface area (Å²) in [5.41, 5.74) is 4.67. The number of hydrogen-bond acceptors (Lipinski definition) is 6. The Bertz CT molecular complexity index is 425. The second-order valence-corrected chi connectivity index (χ2v) is 7.32. The van der Waals surface area contributed by atoms with Crippen molar-refractivity contribution in [3.05, 3.63) is 11.7 Å². The van der Waals surface area contributed by atoms with E-state index in [1.807, 2.05) is 13.8 Å². The van der Waals surface area contributed by atoms with Gasteiger partial charge in [-0.25, -0.2) is 0 Å². The number of piperidine rings is 1. The fourth-order valence-corrected chi connectivity index (χ4v) is 2.18. The Morgan fingerprint density at radius 3 is 2.46 bits per heavy atom. The molecule has 0 bridgehead atoms. The smallest absolute Gasteiger partial charge is 0.333 e. The van der Waals surface area contributed by atoms with Gasteiger partial charge in [0.2, 0.25) is 0 Å². The molecule has 1 heterocycles. The Balaban J connectivity index is 2.42. The molecule has 1 rings (SSSR count). The highest BCUT2D eigenvalue weighted by Gasteiger charge is 2.35. The Labute approximate surface area is 147 Å². The molecule has 137 valence electrons. The van der Waals surface area contributed by atoms with Crippen molar-refractivity contribution in [3.63, 3.8) is 0 Å². The molecule has 0 aromatic rings. The number of allylic oxidation sites excluding steroid dienone is 1. The largest absolute Gasteiger partial charge is 0.427 e. The van der Waals surface area contributed by atoms with Gasteiger partial charge in [0.1, 0.15) is 0 Å². The molecule has 0 aromatic carbocycles. The molecule has 1 aliphatic heterocycles. The van der Waals surface area contributed by atoms with E-state index in [1.165, 1.54) is 6.20 Å². The van der Waals surface area contributed by atoms with Gasteiger partial charge in [0.05, 0.1) is 23.9 Å². The predicted octanol–water partition coefficient (Wildman–Crippen LogP) is 1.15. The molecule has 0 saturated carbocycles. The van der Waals surface area contributed by atoms with Gasteiger partial charge in [0.25, 0.3) is 0 Å². The first-order valence-corrected chi connectivity index (χ1v) is 8.59.